The second-order valence-electron chi connectivity index (χ2n) is 10.6. The second-order valence-corrected chi connectivity index (χ2v) is 13.2. The van der Waals surface area contributed by atoms with Crippen molar-refractivity contribution >= 4 is 50.7 Å². The van der Waals surface area contributed by atoms with Crippen LogP contribution in [0.2, 0.25) is 5.02 Å². The van der Waals surface area contributed by atoms with Crippen LogP contribution in [0, 0.1) is 5.41 Å². The predicted molar refractivity (Wildman–Crippen MR) is 156 cm³/mol. The van der Waals surface area contributed by atoms with E-state index in [-0.39, 0.29) is 34.7 Å². The molecular formula is C28H29ClF3N5O4S. The number of nitrogens with one attached hydrogen (secondary N) is 3. The average molecular weight is 624 g/mol. The number of carbonyl (C=O) groups is 1. The normalized spacial score (nSPS) is 13.7. The molecule has 0 unspecified atom stereocenters. The molecule has 224 valence electrons. The fourth-order valence-corrected chi connectivity index (χ4v) is 6.11. The molecule has 0 saturated heterocycles. The van der Waals surface area contributed by atoms with Gasteiger partial charge in [-0.2, -0.15) is 13.2 Å². The van der Waals surface area contributed by atoms with Crippen LogP contribution < -0.4 is 20.7 Å². The number of hydrogen-bond acceptors (Lipinski definition) is 8. The average Bonchev–Trinajstić information content (AvgIpc) is 3.11. The molecule has 14 heteroatoms. The minimum absolute atomic E-state index is 0.0183. The van der Waals surface area contributed by atoms with Crippen LogP contribution in [0.25, 0.3) is 6.08 Å². The Labute approximate surface area is 246 Å². The van der Waals surface area contributed by atoms with E-state index < -0.39 is 27.0 Å². The Bertz CT molecular complexity index is 1630. The maximum Gasteiger partial charge on any atom is 0.416 e. The molecule has 1 amide bonds. The van der Waals surface area contributed by atoms with Crippen molar-refractivity contribution in [3.63, 3.8) is 0 Å². The topological polar surface area (TPSA) is 122 Å². The fraction of sp³-hybridized carbons (Fsp3) is 0.321. The van der Waals surface area contributed by atoms with Gasteiger partial charge in [0.15, 0.2) is 0 Å². The molecule has 0 saturated carbocycles. The lowest BCUT2D eigenvalue weighted by atomic mass is 9.96. The van der Waals surface area contributed by atoms with E-state index in [4.69, 9.17) is 16.3 Å². The van der Waals surface area contributed by atoms with Gasteiger partial charge in [-0.1, -0.05) is 31.5 Å². The summed E-state index contributed by atoms with van der Waals surface area (Å²) in [5.41, 5.74) is -0.0145. The van der Waals surface area contributed by atoms with E-state index in [1.54, 1.807) is 26.0 Å². The van der Waals surface area contributed by atoms with Crippen LogP contribution in [0.15, 0.2) is 54.4 Å². The highest BCUT2D eigenvalue weighted by Crippen LogP contribution is 2.36. The number of aromatic nitrogens is 2. The van der Waals surface area contributed by atoms with E-state index in [0.29, 0.717) is 41.4 Å². The number of halogens is 4. The van der Waals surface area contributed by atoms with Gasteiger partial charge in [0.25, 0.3) is 0 Å². The molecule has 2 aromatic carbocycles. The lowest BCUT2D eigenvalue weighted by molar-refractivity contribution is -0.137. The van der Waals surface area contributed by atoms with E-state index in [2.05, 4.69) is 25.9 Å². The van der Waals surface area contributed by atoms with Gasteiger partial charge in [0.2, 0.25) is 5.91 Å². The minimum atomic E-state index is -4.51. The van der Waals surface area contributed by atoms with Gasteiger partial charge in [-0.15, -0.1) is 0 Å². The molecule has 3 N–H and O–H groups in total. The highest BCUT2D eigenvalue weighted by Gasteiger charge is 2.31. The van der Waals surface area contributed by atoms with E-state index in [9.17, 15) is 26.4 Å². The molecule has 0 fully saturated rings. The standard InChI is InChI=1S/C28H29ClF3N5O4S/c1-27(2,15-42(3,39)40)14-34-26(38)17-9-10-33-24-21(11-17)25(36-16-35-24)37-19-7-8-23(22(29)13-19)41-20-6-4-5-18(12-20)28(30,31)32/h4-8,11-13,16H,9-10,14-15H2,1-3H3,(H,34,38)(H2,33,35,36,37). The number of nitrogens with zero attached hydrogens (tertiary/aromatic N) is 2. The Kier molecular flexibility index (Phi) is 9.02. The molecule has 4 rings (SSSR count). The van der Waals surface area contributed by atoms with Gasteiger partial charge in [-0.05, 0) is 54.3 Å². The maximum absolute atomic E-state index is 13.0. The molecule has 9 nitrogen and oxygen atoms in total. The zero-order chi connectivity index (χ0) is 30.7. The van der Waals surface area contributed by atoms with E-state index in [0.717, 1.165) is 18.4 Å². The number of fused-ring (bicyclic) bond motifs is 1. The Balaban J connectivity index is 1.52. The van der Waals surface area contributed by atoms with Crippen molar-refractivity contribution < 1.29 is 31.1 Å². The van der Waals surface area contributed by atoms with Crippen LogP contribution in [0.5, 0.6) is 11.5 Å². The van der Waals surface area contributed by atoms with Crippen molar-refractivity contribution in [3.05, 3.63) is 70.5 Å². The number of amides is 1. The van der Waals surface area contributed by atoms with Crippen molar-refractivity contribution in [1.29, 1.82) is 0 Å². The Morgan fingerprint density at radius 2 is 1.90 bits per heavy atom. The van der Waals surface area contributed by atoms with Gasteiger partial charge < -0.3 is 20.7 Å². The number of hydrogen-bond donors (Lipinski definition) is 3. The number of sulfone groups is 1. The summed E-state index contributed by atoms with van der Waals surface area (Å²) < 4.78 is 68.2. The molecule has 2 heterocycles. The van der Waals surface area contributed by atoms with Gasteiger partial charge in [-0.3, -0.25) is 4.79 Å². The molecule has 1 aliphatic heterocycles. The molecule has 0 aliphatic carbocycles. The quantitative estimate of drug-likeness (QED) is 0.263. The third kappa shape index (κ3) is 8.35. The second kappa shape index (κ2) is 12.2. The van der Waals surface area contributed by atoms with Gasteiger partial charge in [0.05, 0.1) is 21.9 Å². The van der Waals surface area contributed by atoms with Crippen LogP contribution in [0.3, 0.4) is 0 Å². The first-order valence-corrected chi connectivity index (χ1v) is 15.2. The zero-order valence-electron chi connectivity index (χ0n) is 23.0. The van der Waals surface area contributed by atoms with Gasteiger partial charge in [0, 0.05) is 30.6 Å². The predicted octanol–water partition coefficient (Wildman–Crippen LogP) is 6.07. The maximum atomic E-state index is 13.0. The smallest absolute Gasteiger partial charge is 0.416 e. The molecule has 0 radical (unpaired) electrons. The highest BCUT2D eigenvalue weighted by molar-refractivity contribution is 7.90. The van der Waals surface area contributed by atoms with E-state index in [1.807, 2.05) is 0 Å². The largest absolute Gasteiger partial charge is 0.456 e. The number of anilines is 3. The van der Waals surface area contributed by atoms with Crippen molar-refractivity contribution in [1.82, 2.24) is 15.3 Å². The summed E-state index contributed by atoms with van der Waals surface area (Å²) in [5, 5.41) is 9.29. The molecule has 0 spiro atoms. The fourth-order valence-electron chi connectivity index (χ4n) is 4.37. The molecule has 1 aliphatic rings. The van der Waals surface area contributed by atoms with Gasteiger partial charge in [-0.25, -0.2) is 18.4 Å². The van der Waals surface area contributed by atoms with E-state index >= 15 is 0 Å². The number of carbonyl (C=O) groups excluding carboxylic acids is 1. The summed E-state index contributed by atoms with van der Waals surface area (Å²) in [6, 6.07) is 9.14. The highest BCUT2D eigenvalue weighted by atomic mass is 35.5. The number of benzene rings is 2. The number of ether oxygens (including phenoxy) is 1. The molecule has 0 atom stereocenters. The van der Waals surface area contributed by atoms with Crippen LogP contribution in [-0.2, 0) is 20.8 Å². The minimum Gasteiger partial charge on any atom is -0.456 e. The molecule has 42 heavy (non-hydrogen) atoms. The molecule has 1 aromatic heterocycles. The first-order chi connectivity index (χ1) is 19.6. The van der Waals surface area contributed by atoms with Crippen molar-refractivity contribution in [3.8, 4) is 11.5 Å². The van der Waals surface area contributed by atoms with Gasteiger partial charge in [0.1, 0.15) is 39.3 Å². The van der Waals surface area contributed by atoms with Crippen LogP contribution >= 0.6 is 11.6 Å². The van der Waals surface area contributed by atoms with Crippen LogP contribution in [0.4, 0.5) is 30.5 Å². The number of rotatable bonds is 9. The SMILES string of the molecule is CC(C)(CNC(=O)C1=Cc2c(ncnc2Nc2ccc(Oc3cccc(C(F)(F)F)c3)c(Cl)c2)NCC1)CS(C)(=O)=O. The third-order valence-electron chi connectivity index (χ3n) is 6.15. The summed E-state index contributed by atoms with van der Waals surface area (Å²) in [4.78, 5) is 21.6. The molecular weight excluding hydrogens is 595 g/mol. The van der Waals surface area contributed by atoms with Gasteiger partial charge >= 0.3 is 6.18 Å². The Morgan fingerprint density at radius 3 is 2.60 bits per heavy atom. The van der Waals surface area contributed by atoms with Crippen molar-refractivity contribution in [2.75, 3.05) is 35.7 Å². The summed E-state index contributed by atoms with van der Waals surface area (Å²) in [6.45, 7) is 4.14. The van der Waals surface area contributed by atoms with Crippen LogP contribution in [-0.4, -0.2) is 49.4 Å². The molecule has 0 bridgehead atoms. The number of alkyl halides is 3. The zero-order valence-corrected chi connectivity index (χ0v) is 24.5. The Morgan fingerprint density at radius 1 is 1.14 bits per heavy atom. The summed E-state index contributed by atoms with van der Waals surface area (Å²) in [7, 11) is -3.22. The first kappa shape index (κ1) is 31.1. The van der Waals surface area contributed by atoms with Crippen molar-refractivity contribution in [2.45, 2.75) is 26.4 Å². The van der Waals surface area contributed by atoms with Crippen molar-refractivity contribution in [2.24, 2.45) is 5.41 Å². The lowest BCUT2D eigenvalue weighted by Gasteiger charge is -2.24. The first-order valence-electron chi connectivity index (χ1n) is 12.8. The summed E-state index contributed by atoms with van der Waals surface area (Å²) in [6.07, 6.45) is 0.0646. The summed E-state index contributed by atoms with van der Waals surface area (Å²) in [5.74, 6) is 0.610. The Hall–Kier alpha value is -3.84. The third-order valence-corrected chi connectivity index (χ3v) is 7.75. The molecule has 3 aromatic rings. The van der Waals surface area contributed by atoms with Crippen LogP contribution in [0.1, 0.15) is 31.4 Å². The lowest BCUT2D eigenvalue weighted by Crippen LogP contribution is -2.38. The monoisotopic (exact) mass is 623 g/mol. The summed E-state index contributed by atoms with van der Waals surface area (Å²) >= 11 is 6.39. The van der Waals surface area contributed by atoms with E-state index in [1.165, 1.54) is 30.6 Å².